The van der Waals surface area contributed by atoms with Gasteiger partial charge in [0.25, 0.3) is 0 Å². The van der Waals surface area contributed by atoms with Crippen molar-refractivity contribution >= 4 is 5.97 Å². The second kappa shape index (κ2) is 5.85. The van der Waals surface area contributed by atoms with Gasteiger partial charge in [0.05, 0.1) is 5.60 Å². The zero-order chi connectivity index (χ0) is 12.1. The van der Waals surface area contributed by atoms with Crippen LogP contribution in [0.15, 0.2) is 12.2 Å². The molecule has 1 unspecified atom stereocenters. The summed E-state index contributed by atoms with van der Waals surface area (Å²) in [6, 6.07) is 0. The van der Waals surface area contributed by atoms with E-state index in [9.17, 15) is 9.90 Å². The van der Waals surface area contributed by atoms with Gasteiger partial charge in [0.2, 0.25) is 0 Å². The van der Waals surface area contributed by atoms with Gasteiger partial charge in [-0.15, -0.1) is 0 Å². The normalized spacial score (nSPS) is 15.0. The SMILES string of the molecule is C=C(CNCC(C)(O)CN(C)C)C(=O)O. The third-order valence-electron chi connectivity index (χ3n) is 1.80. The van der Waals surface area contributed by atoms with Gasteiger partial charge in [-0.25, -0.2) is 4.79 Å². The number of aliphatic carboxylic acids is 1. The van der Waals surface area contributed by atoms with Crippen molar-refractivity contribution < 1.29 is 15.0 Å². The first kappa shape index (κ1) is 14.1. The Morgan fingerprint density at radius 2 is 2.07 bits per heavy atom. The van der Waals surface area contributed by atoms with E-state index in [4.69, 9.17) is 5.11 Å². The molecule has 1 atom stereocenters. The minimum atomic E-state index is -1.02. The summed E-state index contributed by atoms with van der Waals surface area (Å²) in [7, 11) is 3.73. The van der Waals surface area contributed by atoms with E-state index in [2.05, 4.69) is 11.9 Å². The Morgan fingerprint density at radius 3 is 2.47 bits per heavy atom. The largest absolute Gasteiger partial charge is 0.478 e. The summed E-state index contributed by atoms with van der Waals surface area (Å²) >= 11 is 0. The second-order valence-electron chi connectivity index (χ2n) is 4.25. The maximum atomic E-state index is 10.4. The average Bonchev–Trinajstić information content (AvgIpc) is 2.00. The van der Waals surface area contributed by atoms with Gasteiger partial charge in [-0.05, 0) is 21.0 Å². The standard InChI is InChI=1S/C10H20N2O3/c1-8(9(13)14)5-11-6-10(2,15)7-12(3)4/h11,15H,1,5-7H2,2-4H3,(H,13,14). The van der Waals surface area contributed by atoms with E-state index in [1.165, 1.54) is 0 Å². The van der Waals surface area contributed by atoms with Crippen LogP contribution in [0.25, 0.3) is 0 Å². The fraction of sp³-hybridized carbons (Fsp3) is 0.700. The zero-order valence-corrected chi connectivity index (χ0v) is 9.58. The first-order valence-electron chi connectivity index (χ1n) is 4.73. The topological polar surface area (TPSA) is 72.8 Å². The summed E-state index contributed by atoms with van der Waals surface area (Å²) in [4.78, 5) is 12.3. The fourth-order valence-electron chi connectivity index (χ4n) is 1.30. The van der Waals surface area contributed by atoms with E-state index in [0.717, 1.165) is 0 Å². The van der Waals surface area contributed by atoms with Gasteiger partial charge in [0.15, 0.2) is 0 Å². The van der Waals surface area contributed by atoms with Crippen LogP contribution in [-0.2, 0) is 4.79 Å². The molecule has 0 aliphatic carbocycles. The third kappa shape index (κ3) is 7.07. The molecule has 0 bridgehead atoms. The lowest BCUT2D eigenvalue weighted by Crippen LogP contribution is -2.46. The molecule has 88 valence electrons. The third-order valence-corrected chi connectivity index (χ3v) is 1.80. The van der Waals surface area contributed by atoms with Gasteiger partial charge >= 0.3 is 5.97 Å². The lowest BCUT2D eigenvalue weighted by atomic mass is 10.1. The lowest BCUT2D eigenvalue weighted by Gasteiger charge is -2.27. The maximum Gasteiger partial charge on any atom is 0.332 e. The van der Waals surface area contributed by atoms with Gasteiger partial charge in [0, 0.05) is 25.2 Å². The van der Waals surface area contributed by atoms with Crippen molar-refractivity contribution in [3.63, 3.8) is 0 Å². The minimum Gasteiger partial charge on any atom is -0.478 e. The zero-order valence-electron chi connectivity index (χ0n) is 9.58. The maximum absolute atomic E-state index is 10.4. The molecule has 0 aromatic heterocycles. The molecule has 0 radical (unpaired) electrons. The van der Waals surface area contributed by atoms with Crippen LogP contribution in [0.5, 0.6) is 0 Å². The van der Waals surface area contributed by atoms with E-state index in [1.54, 1.807) is 6.92 Å². The Hall–Kier alpha value is -0.910. The number of nitrogens with one attached hydrogen (secondary N) is 1. The summed E-state index contributed by atoms with van der Waals surface area (Å²) in [5.74, 6) is -1.02. The number of rotatable bonds is 7. The van der Waals surface area contributed by atoms with Crippen LogP contribution < -0.4 is 5.32 Å². The van der Waals surface area contributed by atoms with Gasteiger partial charge in [-0.2, -0.15) is 0 Å². The number of carboxylic acids is 1. The smallest absolute Gasteiger partial charge is 0.332 e. The van der Waals surface area contributed by atoms with Crippen molar-refractivity contribution in [2.45, 2.75) is 12.5 Å². The van der Waals surface area contributed by atoms with Crippen LogP contribution in [0.4, 0.5) is 0 Å². The average molecular weight is 216 g/mol. The number of carbonyl (C=O) groups is 1. The molecule has 0 amide bonds. The quantitative estimate of drug-likeness (QED) is 0.502. The fourth-order valence-corrected chi connectivity index (χ4v) is 1.30. The second-order valence-corrected chi connectivity index (χ2v) is 4.25. The number of nitrogens with zero attached hydrogens (tertiary/aromatic N) is 1. The van der Waals surface area contributed by atoms with Crippen molar-refractivity contribution in [2.24, 2.45) is 0 Å². The number of hydrogen-bond acceptors (Lipinski definition) is 4. The molecule has 15 heavy (non-hydrogen) atoms. The molecular formula is C10H20N2O3. The summed E-state index contributed by atoms with van der Waals surface area (Å²) < 4.78 is 0. The molecule has 0 aromatic rings. The van der Waals surface area contributed by atoms with Crippen LogP contribution in [0.1, 0.15) is 6.92 Å². The van der Waals surface area contributed by atoms with Crippen LogP contribution in [0.3, 0.4) is 0 Å². The highest BCUT2D eigenvalue weighted by Gasteiger charge is 2.20. The minimum absolute atomic E-state index is 0.0932. The van der Waals surface area contributed by atoms with Crippen LogP contribution >= 0.6 is 0 Å². The Balaban J connectivity index is 3.84. The highest BCUT2D eigenvalue weighted by Crippen LogP contribution is 2.02. The van der Waals surface area contributed by atoms with Crippen molar-refractivity contribution in [3.05, 3.63) is 12.2 Å². The van der Waals surface area contributed by atoms with Crippen LogP contribution in [-0.4, -0.2) is 60.4 Å². The monoisotopic (exact) mass is 216 g/mol. The summed E-state index contributed by atoms with van der Waals surface area (Å²) in [5.41, 5.74) is -0.780. The Bertz CT molecular complexity index is 237. The highest BCUT2D eigenvalue weighted by atomic mass is 16.4. The van der Waals surface area contributed by atoms with E-state index in [-0.39, 0.29) is 12.1 Å². The molecule has 0 heterocycles. The van der Waals surface area contributed by atoms with Gasteiger partial charge in [0.1, 0.15) is 0 Å². The van der Waals surface area contributed by atoms with Gasteiger partial charge in [-0.1, -0.05) is 6.58 Å². The molecule has 0 aromatic carbocycles. The van der Waals surface area contributed by atoms with Gasteiger partial charge < -0.3 is 20.4 Å². The summed E-state index contributed by atoms with van der Waals surface area (Å²) in [6.45, 7) is 6.10. The molecule has 5 nitrogen and oxygen atoms in total. The molecule has 0 aliphatic rings. The molecular weight excluding hydrogens is 196 g/mol. The first-order chi connectivity index (χ1) is 6.74. The molecule has 0 spiro atoms. The molecule has 0 rings (SSSR count). The van der Waals surface area contributed by atoms with E-state index in [0.29, 0.717) is 13.1 Å². The Kier molecular flexibility index (Phi) is 5.49. The van der Waals surface area contributed by atoms with Crippen molar-refractivity contribution in [3.8, 4) is 0 Å². The van der Waals surface area contributed by atoms with E-state index in [1.807, 2.05) is 19.0 Å². The van der Waals surface area contributed by atoms with Crippen LogP contribution in [0, 0.1) is 0 Å². The number of likely N-dealkylation sites (N-methyl/N-ethyl adjacent to an activating group) is 1. The molecule has 0 fully saturated rings. The summed E-state index contributed by atoms with van der Waals surface area (Å²) in [5, 5.41) is 21.3. The van der Waals surface area contributed by atoms with Crippen LogP contribution in [0.2, 0.25) is 0 Å². The number of hydrogen-bond donors (Lipinski definition) is 3. The summed E-state index contributed by atoms with van der Waals surface area (Å²) in [6.07, 6.45) is 0. The molecule has 3 N–H and O–H groups in total. The number of carboxylic acid groups (broad SMARTS) is 1. The van der Waals surface area contributed by atoms with E-state index < -0.39 is 11.6 Å². The van der Waals surface area contributed by atoms with E-state index >= 15 is 0 Å². The van der Waals surface area contributed by atoms with Crippen molar-refractivity contribution in [1.82, 2.24) is 10.2 Å². The molecule has 0 saturated heterocycles. The predicted molar refractivity (Wildman–Crippen MR) is 58.8 cm³/mol. The Labute approximate surface area is 90.4 Å². The molecule has 0 saturated carbocycles. The molecule has 0 aliphatic heterocycles. The highest BCUT2D eigenvalue weighted by molar-refractivity contribution is 5.86. The van der Waals surface area contributed by atoms with Crippen molar-refractivity contribution in [2.75, 3.05) is 33.7 Å². The first-order valence-corrected chi connectivity index (χ1v) is 4.73. The Morgan fingerprint density at radius 1 is 1.53 bits per heavy atom. The molecule has 5 heteroatoms. The lowest BCUT2D eigenvalue weighted by molar-refractivity contribution is -0.132. The van der Waals surface area contributed by atoms with Gasteiger partial charge in [-0.3, -0.25) is 0 Å². The number of aliphatic hydroxyl groups is 1. The van der Waals surface area contributed by atoms with Crippen molar-refractivity contribution in [1.29, 1.82) is 0 Å². The predicted octanol–water partition coefficient (Wildman–Crippen LogP) is -0.471.